The van der Waals surface area contributed by atoms with E-state index in [1.807, 2.05) is 13.8 Å². The average molecular weight is 257 g/mol. The van der Waals surface area contributed by atoms with Crippen LogP contribution in [-0.4, -0.2) is 18.6 Å². The topological polar surface area (TPSA) is 38.3 Å². The Morgan fingerprint density at radius 3 is 2.56 bits per heavy atom. The van der Waals surface area contributed by atoms with Gasteiger partial charge in [-0.2, -0.15) is 0 Å². The Morgan fingerprint density at radius 2 is 2.00 bits per heavy atom. The van der Waals surface area contributed by atoms with Gasteiger partial charge in [0.25, 0.3) is 0 Å². The van der Waals surface area contributed by atoms with Crippen LogP contribution in [0, 0.1) is 11.6 Å². The van der Waals surface area contributed by atoms with Gasteiger partial charge in [0.1, 0.15) is 18.2 Å². The van der Waals surface area contributed by atoms with E-state index < -0.39 is 17.7 Å². The van der Waals surface area contributed by atoms with E-state index in [1.165, 1.54) is 6.07 Å². The predicted molar refractivity (Wildman–Crippen MR) is 64.0 cm³/mol. The molecule has 0 aromatic heterocycles. The third-order valence-electron chi connectivity index (χ3n) is 2.35. The molecule has 1 atom stereocenters. The molecule has 18 heavy (non-hydrogen) atoms. The smallest absolute Gasteiger partial charge is 0.246 e. The number of amides is 1. The average Bonchev–Trinajstić information content (AvgIpc) is 2.26. The Bertz CT molecular complexity index is 421. The van der Waals surface area contributed by atoms with E-state index in [-0.39, 0.29) is 24.2 Å². The van der Waals surface area contributed by atoms with E-state index in [0.717, 1.165) is 12.1 Å². The zero-order chi connectivity index (χ0) is 13.7. The van der Waals surface area contributed by atoms with Gasteiger partial charge in [0, 0.05) is 11.6 Å². The molecule has 0 radical (unpaired) electrons. The second-order valence-electron chi connectivity index (χ2n) is 4.31. The van der Waals surface area contributed by atoms with Gasteiger partial charge < -0.3 is 10.1 Å². The van der Waals surface area contributed by atoms with Gasteiger partial charge >= 0.3 is 0 Å². The summed E-state index contributed by atoms with van der Waals surface area (Å²) in [5.41, 5.74) is 0.245. The van der Waals surface area contributed by atoms with Crippen LogP contribution in [0.15, 0.2) is 18.2 Å². The summed E-state index contributed by atoms with van der Waals surface area (Å²) in [6.07, 6.45) is -0.0476. The van der Waals surface area contributed by atoms with Crippen LogP contribution in [0.4, 0.5) is 8.78 Å². The number of halogens is 2. The maximum atomic E-state index is 13.4. The lowest BCUT2D eigenvalue weighted by Crippen LogP contribution is -2.31. The number of benzene rings is 1. The SMILES string of the molecule is CC(C)OCC(=O)NC(C)c1ccc(F)cc1F. The van der Waals surface area contributed by atoms with Gasteiger partial charge in [0.15, 0.2) is 0 Å². The minimum Gasteiger partial charge on any atom is -0.369 e. The first-order valence-corrected chi connectivity index (χ1v) is 5.76. The Labute approximate surface area is 105 Å². The lowest BCUT2D eigenvalue weighted by molar-refractivity contribution is -0.127. The molecule has 3 nitrogen and oxygen atoms in total. The summed E-state index contributed by atoms with van der Waals surface area (Å²) < 4.78 is 31.3. The normalized spacial score (nSPS) is 12.6. The van der Waals surface area contributed by atoms with Crippen molar-refractivity contribution < 1.29 is 18.3 Å². The number of rotatable bonds is 5. The lowest BCUT2D eigenvalue weighted by Gasteiger charge is -2.16. The summed E-state index contributed by atoms with van der Waals surface area (Å²) in [6, 6.07) is 2.74. The third-order valence-corrected chi connectivity index (χ3v) is 2.35. The van der Waals surface area contributed by atoms with Gasteiger partial charge in [0.05, 0.1) is 12.1 Å². The molecule has 0 aliphatic heterocycles. The summed E-state index contributed by atoms with van der Waals surface area (Å²) in [4.78, 5) is 11.5. The van der Waals surface area contributed by atoms with Crippen LogP contribution in [0.2, 0.25) is 0 Å². The molecule has 1 aromatic carbocycles. The van der Waals surface area contributed by atoms with Crippen LogP contribution in [-0.2, 0) is 9.53 Å². The zero-order valence-corrected chi connectivity index (χ0v) is 10.7. The van der Waals surface area contributed by atoms with E-state index in [0.29, 0.717) is 0 Å². The molecule has 0 bridgehead atoms. The number of hydrogen-bond donors (Lipinski definition) is 1. The number of carbonyl (C=O) groups excluding carboxylic acids is 1. The molecular formula is C13H17F2NO2. The molecule has 1 unspecified atom stereocenters. The number of ether oxygens (including phenoxy) is 1. The molecule has 0 saturated carbocycles. The highest BCUT2D eigenvalue weighted by Gasteiger charge is 2.14. The van der Waals surface area contributed by atoms with Crippen molar-refractivity contribution in [2.24, 2.45) is 0 Å². The highest BCUT2D eigenvalue weighted by atomic mass is 19.1. The minimum absolute atomic E-state index is 0.0476. The van der Waals surface area contributed by atoms with Gasteiger partial charge in [-0.1, -0.05) is 6.07 Å². The molecule has 5 heteroatoms. The second kappa shape index (κ2) is 6.44. The maximum absolute atomic E-state index is 13.4. The van der Waals surface area contributed by atoms with Crippen LogP contribution in [0.25, 0.3) is 0 Å². The standard InChI is InChI=1S/C13H17F2NO2/c1-8(2)18-7-13(17)16-9(3)11-5-4-10(14)6-12(11)15/h4-6,8-9H,7H2,1-3H3,(H,16,17). The van der Waals surface area contributed by atoms with Gasteiger partial charge in [0.2, 0.25) is 5.91 Å². The van der Waals surface area contributed by atoms with Crippen molar-refractivity contribution in [3.05, 3.63) is 35.4 Å². The second-order valence-corrected chi connectivity index (χ2v) is 4.31. The van der Waals surface area contributed by atoms with E-state index in [2.05, 4.69) is 5.32 Å². The molecule has 0 saturated heterocycles. The molecule has 1 aromatic rings. The molecule has 0 spiro atoms. The third kappa shape index (κ3) is 4.41. The minimum atomic E-state index is -0.674. The molecule has 0 fully saturated rings. The monoisotopic (exact) mass is 257 g/mol. The molecule has 0 aliphatic carbocycles. The predicted octanol–water partition coefficient (Wildman–Crippen LogP) is 2.57. The Balaban J connectivity index is 2.59. The van der Waals surface area contributed by atoms with Crippen LogP contribution in [0.3, 0.4) is 0 Å². The summed E-state index contributed by atoms with van der Waals surface area (Å²) in [5.74, 6) is -1.65. The first kappa shape index (κ1) is 14.6. The molecule has 100 valence electrons. The largest absolute Gasteiger partial charge is 0.369 e. The van der Waals surface area contributed by atoms with E-state index in [1.54, 1.807) is 6.92 Å². The lowest BCUT2D eigenvalue weighted by atomic mass is 10.1. The van der Waals surface area contributed by atoms with Crippen molar-refractivity contribution in [2.45, 2.75) is 32.9 Å². The number of nitrogens with one attached hydrogen (secondary N) is 1. The van der Waals surface area contributed by atoms with Crippen molar-refractivity contribution in [1.82, 2.24) is 5.32 Å². The summed E-state index contributed by atoms with van der Waals surface area (Å²) >= 11 is 0. The Hall–Kier alpha value is -1.49. The summed E-state index contributed by atoms with van der Waals surface area (Å²) in [6.45, 7) is 5.18. The summed E-state index contributed by atoms with van der Waals surface area (Å²) in [5, 5.41) is 2.59. The van der Waals surface area contributed by atoms with Gasteiger partial charge in [-0.15, -0.1) is 0 Å². The molecule has 1 amide bonds. The number of carbonyl (C=O) groups is 1. The van der Waals surface area contributed by atoms with Crippen molar-refractivity contribution in [1.29, 1.82) is 0 Å². The highest BCUT2D eigenvalue weighted by Crippen LogP contribution is 2.17. The molecule has 1 N–H and O–H groups in total. The molecule has 0 heterocycles. The maximum Gasteiger partial charge on any atom is 0.246 e. The fourth-order valence-corrected chi connectivity index (χ4v) is 1.46. The van der Waals surface area contributed by atoms with Gasteiger partial charge in [-0.05, 0) is 26.8 Å². The first-order chi connectivity index (χ1) is 8.40. The van der Waals surface area contributed by atoms with Crippen LogP contribution in [0.5, 0.6) is 0 Å². The molecular weight excluding hydrogens is 240 g/mol. The molecule has 0 aliphatic rings. The van der Waals surface area contributed by atoms with Crippen molar-refractivity contribution in [3.63, 3.8) is 0 Å². The Morgan fingerprint density at radius 1 is 1.33 bits per heavy atom. The van der Waals surface area contributed by atoms with Crippen molar-refractivity contribution in [3.8, 4) is 0 Å². The quantitative estimate of drug-likeness (QED) is 0.880. The fourth-order valence-electron chi connectivity index (χ4n) is 1.46. The van der Waals surface area contributed by atoms with Crippen LogP contribution >= 0.6 is 0 Å². The summed E-state index contributed by atoms with van der Waals surface area (Å²) in [7, 11) is 0. The fraction of sp³-hybridized carbons (Fsp3) is 0.462. The van der Waals surface area contributed by atoms with Crippen molar-refractivity contribution in [2.75, 3.05) is 6.61 Å². The van der Waals surface area contributed by atoms with Crippen LogP contribution < -0.4 is 5.32 Å². The van der Waals surface area contributed by atoms with Crippen LogP contribution in [0.1, 0.15) is 32.4 Å². The van der Waals surface area contributed by atoms with E-state index in [4.69, 9.17) is 4.74 Å². The zero-order valence-electron chi connectivity index (χ0n) is 10.7. The Kier molecular flexibility index (Phi) is 5.22. The first-order valence-electron chi connectivity index (χ1n) is 5.76. The van der Waals surface area contributed by atoms with E-state index >= 15 is 0 Å². The molecule has 1 rings (SSSR count). The highest BCUT2D eigenvalue weighted by molar-refractivity contribution is 5.77. The van der Waals surface area contributed by atoms with E-state index in [9.17, 15) is 13.6 Å². The van der Waals surface area contributed by atoms with Crippen molar-refractivity contribution >= 4 is 5.91 Å². The van der Waals surface area contributed by atoms with Gasteiger partial charge in [-0.25, -0.2) is 8.78 Å². The van der Waals surface area contributed by atoms with Gasteiger partial charge in [-0.3, -0.25) is 4.79 Å². The number of hydrogen-bond acceptors (Lipinski definition) is 2.